The summed E-state index contributed by atoms with van der Waals surface area (Å²) in [6.07, 6.45) is 6.16. The summed E-state index contributed by atoms with van der Waals surface area (Å²) in [6.45, 7) is 9.99. The summed E-state index contributed by atoms with van der Waals surface area (Å²) in [5.41, 5.74) is -3.82. The van der Waals surface area contributed by atoms with E-state index in [1.54, 1.807) is 12.2 Å². The molecule has 8 atom stereocenters. The van der Waals surface area contributed by atoms with Crippen molar-refractivity contribution in [3.63, 3.8) is 0 Å². The number of carbonyl (C=O) groups is 2. The first-order valence-corrected chi connectivity index (χ1v) is 13.4. The lowest BCUT2D eigenvalue weighted by Gasteiger charge is -2.62. The fourth-order valence-corrected chi connectivity index (χ4v) is 9.26. The molecule has 3 fully saturated rings. The van der Waals surface area contributed by atoms with E-state index >= 15 is 4.39 Å². The fourth-order valence-electron chi connectivity index (χ4n) is 8.34. The van der Waals surface area contributed by atoms with Gasteiger partial charge in [0.05, 0.1) is 11.0 Å². The first-order chi connectivity index (χ1) is 15.5. The van der Waals surface area contributed by atoms with E-state index in [-0.39, 0.29) is 29.8 Å². The average molecular weight is 475 g/mol. The van der Waals surface area contributed by atoms with Gasteiger partial charge in [0, 0.05) is 29.1 Å². The zero-order valence-corrected chi connectivity index (χ0v) is 21.1. The van der Waals surface area contributed by atoms with Crippen LogP contribution in [-0.2, 0) is 14.3 Å². The highest BCUT2D eigenvalue weighted by Gasteiger charge is 2.78. The number of allylic oxidation sites excluding steroid dienone is 5. The second-order valence-corrected chi connectivity index (χ2v) is 12.4. The van der Waals surface area contributed by atoms with E-state index in [1.165, 1.54) is 17.8 Å². The summed E-state index contributed by atoms with van der Waals surface area (Å²) in [5.74, 6) is 0.901. The van der Waals surface area contributed by atoms with Crippen molar-refractivity contribution in [1.29, 1.82) is 0 Å². The fraction of sp³-hybridized carbons (Fsp3) is 0.704. The molecule has 5 rings (SSSR count). The molecule has 0 radical (unpaired) electrons. The molecule has 0 aromatic heterocycles. The minimum atomic E-state index is -1.88. The van der Waals surface area contributed by atoms with Gasteiger partial charge in [-0.3, -0.25) is 9.59 Å². The molecule has 1 spiro atoms. The Hall–Kier alpha value is -1.40. The van der Waals surface area contributed by atoms with E-state index in [9.17, 15) is 14.7 Å². The van der Waals surface area contributed by atoms with Crippen LogP contribution in [0.3, 0.4) is 0 Å². The van der Waals surface area contributed by atoms with Gasteiger partial charge >= 0.3 is 0 Å². The van der Waals surface area contributed by atoms with E-state index < -0.39 is 34.1 Å². The highest BCUT2D eigenvalue weighted by atomic mass is 32.2. The SMILES string of the molecule is CCSC1=C(CC)OC2(C1=O)[C@@H](C)C[C@H]1[C@@H]3CCC4=CC(=O)C=C[C@]4(C)[C@@]3(F)[C@@H](O)C[C@@]12C. The Morgan fingerprint density at radius 2 is 1.97 bits per heavy atom. The van der Waals surface area contributed by atoms with Crippen LogP contribution in [0, 0.1) is 28.6 Å². The van der Waals surface area contributed by atoms with Crippen LogP contribution in [0.25, 0.3) is 0 Å². The normalized spacial score (nSPS) is 48.5. The van der Waals surface area contributed by atoms with Crippen molar-refractivity contribution in [2.24, 2.45) is 28.6 Å². The molecule has 1 aliphatic heterocycles. The number of hydrogen-bond donors (Lipinski definition) is 1. The molecule has 4 nitrogen and oxygen atoms in total. The number of fused-ring (bicyclic) bond motifs is 6. The van der Waals surface area contributed by atoms with E-state index in [2.05, 4.69) is 13.8 Å². The van der Waals surface area contributed by atoms with Crippen molar-refractivity contribution >= 4 is 23.3 Å². The summed E-state index contributed by atoms with van der Waals surface area (Å²) in [6, 6.07) is 0. The molecule has 6 heteroatoms. The van der Waals surface area contributed by atoms with E-state index in [0.717, 1.165) is 22.0 Å². The van der Waals surface area contributed by atoms with Gasteiger partial charge in [-0.15, -0.1) is 11.8 Å². The number of aliphatic hydroxyl groups is 1. The van der Waals surface area contributed by atoms with E-state index in [1.807, 2.05) is 20.8 Å². The molecule has 1 heterocycles. The van der Waals surface area contributed by atoms with Gasteiger partial charge in [-0.25, -0.2) is 4.39 Å². The number of alkyl halides is 1. The Bertz CT molecular complexity index is 1020. The summed E-state index contributed by atoms with van der Waals surface area (Å²) in [4.78, 5) is 26.7. The summed E-state index contributed by atoms with van der Waals surface area (Å²) in [7, 11) is 0. The Kier molecular flexibility index (Phi) is 5.17. The van der Waals surface area contributed by atoms with Gasteiger partial charge in [0.15, 0.2) is 17.1 Å². The first kappa shape index (κ1) is 23.3. The number of ether oxygens (including phenoxy) is 1. The lowest BCUT2D eigenvalue weighted by molar-refractivity contribution is -0.218. The van der Waals surface area contributed by atoms with Crippen molar-refractivity contribution in [3.05, 3.63) is 34.5 Å². The Morgan fingerprint density at radius 3 is 2.64 bits per heavy atom. The maximum absolute atomic E-state index is 17.3. The van der Waals surface area contributed by atoms with Crippen molar-refractivity contribution in [1.82, 2.24) is 0 Å². The number of rotatable bonds is 3. The predicted molar refractivity (Wildman–Crippen MR) is 127 cm³/mol. The quantitative estimate of drug-likeness (QED) is 0.600. The van der Waals surface area contributed by atoms with Crippen LogP contribution in [0.15, 0.2) is 34.5 Å². The first-order valence-electron chi connectivity index (χ1n) is 12.4. The highest BCUT2D eigenvalue weighted by Crippen LogP contribution is 2.72. The number of hydrogen-bond acceptors (Lipinski definition) is 5. The second kappa shape index (κ2) is 7.30. The van der Waals surface area contributed by atoms with Crippen LogP contribution in [0.1, 0.15) is 66.7 Å². The smallest absolute Gasteiger partial charge is 0.216 e. The number of aliphatic hydroxyl groups excluding tert-OH is 1. The van der Waals surface area contributed by atoms with Gasteiger partial charge in [0.2, 0.25) is 5.78 Å². The largest absolute Gasteiger partial charge is 0.481 e. The molecule has 0 bridgehead atoms. The molecule has 33 heavy (non-hydrogen) atoms. The number of carbonyl (C=O) groups excluding carboxylic acids is 2. The average Bonchev–Trinajstić information content (AvgIpc) is 3.17. The number of thioether (sulfide) groups is 1. The Balaban J connectivity index is 1.60. The van der Waals surface area contributed by atoms with Crippen LogP contribution < -0.4 is 0 Å². The van der Waals surface area contributed by atoms with Gasteiger partial charge in [-0.05, 0) is 56.4 Å². The summed E-state index contributed by atoms with van der Waals surface area (Å²) < 4.78 is 23.9. The number of Topliss-reactive ketones (excluding diaryl/α,β-unsaturated/α-hetero) is 1. The standard InChI is InChI=1S/C27H35FO4S/c1-6-20-22(33-7-2)23(31)27(32-20)15(3)12-19-18-9-8-16-13-17(29)10-11-24(16,4)26(18,28)21(30)14-25(19,27)5/h10-11,13,15,18-19,21,30H,6-9,12,14H2,1-5H3/t15-,18-,19-,21-,24-,25-,26-,27?/m0/s1. The third-order valence-corrected chi connectivity index (χ3v) is 10.9. The van der Waals surface area contributed by atoms with Gasteiger partial charge in [-0.1, -0.05) is 39.3 Å². The molecule has 1 N–H and O–H groups in total. The molecule has 0 aromatic carbocycles. The molecule has 0 aromatic rings. The number of halogens is 1. The van der Waals surface area contributed by atoms with Crippen LogP contribution in [-0.4, -0.2) is 39.8 Å². The molecule has 0 amide bonds. The molecule has 1 unspecified atom stereocenters. The van der Waals surface area contributed by atoms with Crippen molar-refractivity contribution < 1.29 is 23.8 Å². The van der Waals surface area contributed by atoms with Crippen LogP contribution in [0.4, 0.5) is 4.39 Å². The van der Waals surface area contributed by atoms with Gasteiger partial charge in [0.1, 0.15) is 5.76 Å². The second-order valence-electron chi connectivity index (χ2n) is 11.1. The molecule has 5 aliphatic rings. The van der Waals surface area contributed by atoms with Gasteiger partial charge < -0.3 is 9.84 Å². The Labute approximate surface area is 200 Å². The molecular weight excluding hydrogens is 439 g/mol. The van der Waals surface area contributed by atoms with Crippen molar-refractivity contribution in [2.75, 3.05) is 5.75 Å². The topological polar surface area (TPSA) is 63.6 Å². The van der Waals surface area contributed by atoms with E-state index in [0.29, 0.717) is 25.7 Å². The lowest BCUT2D eigenvalue weighted by Crippen LogP contribution is -2.69. The monoisotopic (exact) mass is 474 g/mol. The molecule has 180 valence electrons. The lowest BCUT2D eigenvalue weighted by atomic mass is 9.44. The number of ketones is 2. The third-order valence-electron chi connectivity index (χ3n) is 9.87. The van der Waals surface area contributed by atoms with Gasteiger partial charge in [0.25, 0.3) is 0 Å². The van der Waals surface area contributed by atoms with Crippen LogP contribution in [0.2, 0.25) is 0 Å². The summed E-state index contributed by atoms with van der Waals surface area (Å²) >= 11 is 1.54. The minimum absolute atomic E-state index is 0.0352. The van der Waals surface area contributed by atoms with Crippen molar-refractivity contribution in [2.45, 2.75) is 84.1 Å². The van der Waals surface area contributed by atoms with Crippen LogP contribution >= 0.6 is 11.8 Å². The molecular formula is C27H35FO4S. The zero-order valence-electron chi connectivity index (χ0n) is 20.2. The minimum Gasteiger partial charge on any atom is -0.481 e. The van der Waals surface area contributed by atoms with Crippen LogP contribution in [0.5, 0.6) is 0 Å². The zero-order chi connectivity index (χ0) is 24.0. The maximum Gasteiger partial charge on any atom is 0.216 e. The predicted octanol–water partition coefficient (Wildman–Crippen LogP) is 5.32. The maximum atomic E-state index is 17.3. The van der Waals surface area contributed by atoms with E-state index in [4.69, 9.17) is 4.74 Å². The van der Waals surface area contributed by atoms with Crippen molar-refractivity contribution in [3.8, 4) is 0 Å². The third kappa shape index (κ3) is 2.57. The molecule has 4 aliphatic carbocycles. The molecule has 0 saturated heterocycles. The molecule has 3 saturated carbocycles. The summed E-state index contributed by atoms with van der Waals surface area (Å²) in [5, 5.41) is 11.5. The highest BCUT2D eigenvalue weighted by molar-refractivity contribution is 8.04. The van der Waals surface area contributed by atoms with Gasteiger partial charge in [-0.2, -0.15) is 0 Å². The Morgan fingerprint density at radius 1 is 1.24 bits per heavy atom.